The molecule has 20 heavy (non-hydrogen) atoms. The number of para-hydroxylation sites is 1. The fourth-order valence-corrected chi connectivity index (χ4v) is 2.54. The Labute approximate surface area is 120 Å². The second kappa shape index (κ2) is 5.83. The molecule has 1 N–H and O–H groups in total. The van der Waals surface area contributed by atoms with Crippen LogP contribution in [0.2, 0.25) is 0 Å². The summed E-state index contributed by atoms with van der Waals surface area (Å²) in [7, 11) is 0. The van der Waals surface area contributed by atoms with E-state index in [4.69, 9.17) is 4.74 Å². The van der Waals surface area contributed by atoms with Crippen LogP contribution in [0.15, 0.2) is 24.3 Å². The number of amides is 1. The van der Waals surface area contributed by atoms with E-state index in [1.165, 1.54) is 0 Å². The SMILES string of the molecule is CCOc1ccccc1CC(=O)N1C[C@@H](C)[C@@](C)(O)C1. The van der Waals surface area contributed by atoms with Crippen LogP contribution in [0.3, 0.4) is 0 Å². The number of ether oxygens (including phenoxy) is 1. The van der Waals surface area contributed by atoms with Crippen molar-refractivity contribution in [2.24, 2.45) is 5.92 Å². The fourth-order valence-electron chi connectivity index (χ4n) is 2.54. The zero-order valence-corrected chi connectivity index (χ0v) is 12.4. The highest BCUT2D eigenvalue weighted by atomic mass is 16.5. The van der Waals surface area contributed by atoms with Crippen LogP contribution >= 0.6 is 0 Å². The normalized spacial score (nSPS) is 25.8. The smallest absolute Gasteiger partial charge is 0.227 e. The molecule has 0 aliphatic carbocycles. The van der Waals surface area contributed by atoms with E-state index in [1.807, 2.05) is 38.1 Å². The number of nitrogens with zero attached hydrogens (tertiary/aromatic N) is 1. The average Bonchev–Trinajstić information content (AvgIpc) is 2.67. The molecule has 0 bridgehead atoms. The van der Waals surface area contributed by atoms with E-state index in [9.17, 15) is 9.90 Å². The summed E-state index contributed by atoms with van der Waals surface area (Å²) in [4.78, 5) is 14.1. The molecule has 0 spiro atoms. The molecule has 2 atom stereocenters. The van der Waals surface area contributed by atoms with Crippen LogP contribution in [-0.2, 0) is 11.2 Å². The first-order valence-electron chi connectivity index (χ1n) is 7.15. The second-order valence-electron chi connectivity index (χ2n) is 5.75. The Hall–Kier alpha value is -1.55. The highest BCUT2D eigenvalue weighted by molar-refractivity contribution is 5.80. The molecule has 1 aromatic rings. The second-order valence-corrected chi connectivity index (χ2v) is 5.75. The average molecular weight is 277 g/mol. The predicted octanol–water partition coefficient (Wildman–Crippen LogP) is 1.86. The fraction of sp³-hybridized carbons (Fsp3) is 0.562. The molecular formula is C16H23NO3. The van der Waals surface area contributed by atoms with Gasteiger partial charge < -0.3 is 14.7 Å². The van der Waals surface area contributed by atoms with Crippen molar-refractivity contribution in [3.05, 3.63) is 29.8 Å². The van der Waals surface area contributed by atoms with Gasteiger partial charge in [0.25, 0.3) is 0 Å². The van der Waals surface area contributed by atoms with Gasteiger partial charge in [0.05, 0.1) is 18.6 Å². The van der Waals surface area contributed by atoms with Gasteiger partial charge in [-0.25, -0.2) is 0 Å². The quantitative estimate of drug-likeness (QED) is 0.914. The highest BCUT2D eigenvalue weighted by Crippen LogP contribution is 2.28. The minimum Gasteiger partial charge on any atom is -0.494 e. The number of carbonyl (C=O) groups is 1. The molecule has 4 heteroatoms. The minimum absolute atomic E-state index is 0.0433. The Balaban J connectivity index is 2.06. The van der Waals surface area contributed by atoms with E-state index in [-0.39, 0.29) is 11.8 Å². The van der Waals surface area contributed by atoms with E-state index in [1.54, 1.807) is 11.8 Å². The molecule has 1 aromatic carbocycles. The number of hydrogen-bond acceptors (Lipinski definition) is 3. The maximum absolute atomic E-state index is 12.4. The summed E-state index contributed by atoms with van der Waals surface area (Å²) in [6, 6.07) is 7.62. The molecule has 0 radical (unpaired) electrons. The van der Waals surface area contributed by atoms with Crippen molar-refractivity contribution in [3.8, 4) is 5.75 Å². The van der Waals surface area contributed by atoms with E-state index < -0.39 is 5.60 Å². The lowest BCUT2D eigenvalue weighted by atomic mass is 9.95. The van der Waals surface area contributed by atoms with Gasteiger partial charge in [-0.15, -0.1) is 0 Å². The summed E-state index contributed by atoms with van der Waals surface area (Å²) >= 11 is 0. The Kier molecular flexibility index (Phi) is 4.33. The van der Waals surface area contributed by atoms with Gasteiger partial charge in [-0.05, 0) is 19.9 Å². The van der Waals surface area contributed by atoms with Gasteiger partial charge in [-0.1, -0.05) is 25.1 Å². The summed E-state index contributed by atoms with van der Waals surface area (Å²) in [5, 5.41) is 10.2. The first-order valence-corrected chi connectivity index (χ1v) is 7.15. The Morgan fingerprint density at radius 3 is 2.80 bits per heavy atom. The van der Waals surface area contributed by atoms with E-state index in [0.29, 0.717) is 26.1 Å². The van der Waals surface area contributed by atoms with Crippen LogP contribution in [0, 0.1) is 5.92 Å². The molecule has 0 unspecified atom stereocenters. The molecule has 1 heterocycles. The van der Waals surface area contributed by atoms with Gasteiger partial charge in [-0.2, -0.15) is 0 Å². The molecule has 1 amide bonds. The van der Waals surface area contributed by atoms with Crippen molar-refractivity contribution < 1.29 is 14.6 Å². The number of aliphatic hydroxyl groups is 1. The standard InChI is InChI=1S/C16H23NO3/c1-4-20-14-8-6-5-7-13(14)9-15(18)17-10-12(2)16(3,19)11-17/h5-8,12,19H,4,9-11H2,1-3H3/t12-,16+/m1/s1. The van der Waals surface area contributed by atoms with Crippen molar-refractivity contribution in [1.82, 2.24) is 4.90 Å². The lowest BCUT2D eigenvalue weighted by Crippen LogP contribution is -2.35. The number of β-amino-alcohol motifs (C(OH)–C–C–N with tert-alkyl or cyclic N) is 1. The molecule has 1 aliphatic rings. The first-order chi connectivity index (χ1) is 9.44. The zero-order valence-electron chi connectivity index (χ0n) is 12.4. The minimum atomic E-state index is -0.783. The molecule has 110 valence electrons. The maximum Gasteiger partial charge on any atom is 0.227 e. The van der Waals surface area contributed by atoms with E-state index in [0.717, 1.165) is 11.3 Å². The molecule has 4 nitrogen and oxygen atoms in total. The number of likely N-dealkylation sites (tertiary alicyclic amines) is 1. The summed E-state index contributed by atoms with van der Waals surface area (Å²) in [6.07, 6.45) is 0.318. The van der Waals surface area contributed by atoms with Crippen LogP contribution in [0.4, 0.5) is 0 Å². The van der Waals surface area contributed by atoms with Crippen molar-refractivity contribution in [2.45, 2.75) is 32.8 Å². The number of hydrogen-bond donors (Lipinski definition) is 1. The molecule has 1 fully saturated rings. The third-order valence-corrected chi connectivity index (χ3v) is 4.03. The zero-order chi connectivity index (χ0) is 14.8. The van der Waals surface area contributed by atoms with Gasteiger partial charge in [-0.3, -0.25) is 4.79 Å². The van der Waals surface area contributed by atoms with Crippen LogP contribution in [0.1, 0.15) is 26.3 Å². The lowest BCUT2D eigenvalue weighted by molar-refractivity contribution is -0.130. The molecule has 1 aliphatic heterocycles. The number of rotatable bonds is 4. The largest absolute Gasteiger partial charge is 0.494 e. The summed E-state index contributed by atoms with van der Waals surface area (Å²) < 4.78 is 5.54. The highest BCUT2D eigenvalue weighted by Gasteiger charge is 2.40. The summed E-state index contributed by atoms with van der Waals surface area (Å²) in [6.45, 7) is 7.30. The molecule has 0 saturated carbocycles. The van der Waals surface area contributed by atoms with Crippen molar-refractivity contribution >= 4 is 5.91 Å². The third kappa shape index (κ3) is 3.12. The van der Waals surface area contributed by atoms with Crippen LogP contribution in [-0.4, -0.2) is 41.2 Å². The monoisotopic (exact) mass is 277 g/mol. The maximum atomic E-state index is 12.4. The Morgan fingerprint density at radius 1 is 1.50 bits per heavy atom. The predicted molar refractivity (Wildman–Crippen MR) is 77.7 cm³/mol. The van der Waals surface area contributed by atoms with Crippen molar-refractivity contribution in [1.29, 1.82) is 0 Å². The molecule has 1 saturated heterocycles. The summed E-state index contributed by atoms with van der Waals surface area (Å²) in [5.74, 6) is 0.915. The van der Waals surface area contributed by atoms with Crippen molar-refractivity contribution in [2.75, 3.05) is 19.7 Å². The van der Waals surface area contributed by atoms with Gasteiger partial charge in [0, 0.05) is 24.6 Å². The van der Waals surface area contributed by atoms with E-state index >= 15 is 0 Å². The van der Waals surface area contributed by atoms with Gasteiger partial charge in [0.2, 0.25) is 5.91 Å². The molecule has 0 aromatic heterocycles. The lowest BCUT2D eigenvalue weighted by Gasteiger charge is -2.21. The summed E-state index contributed by atoms with van der Waals surface area (Å²) in [5.41, 5.74) is 0.119. The number of carbonyl (C=O) groups excluding carboxylic acids is 1. The molecule has 2 rings (SSSR count). The van der Waals surface area contributed by atoms with Gasteiger partial charge >= 0.3 is 0 Å². The first kappa shape index (κ1) is 14.9. The Bertz CT molecular complexity index is 484. The van der Waals surface area contributed by atoms with Crippen LogP contribution in [0.25, 0.3) is 0 Å². The van der Waals surface area contributed by atoms with Crippen LogP contribution < -0.4 is 4.74 Å². The van der Waals surface area contributed by atoms with Crippen molar-refractivity contribution in [3.63, 3.8) is 0 Å². The number of benzene rings is 1. The third-order valence-electron chi connectivity index (χ3n) is 4.03. The van der Waals surface area contributed by atoms with E-state index in [2.05, 4.69) is 0 Å². The topological polar surface area (TPSA) is 49.8 Å². The van der Waals surface area contributed by atoms with Gasteiger partial charge in [0.1, 0.15) is 5.75 Å². The van der Waals surface area contributed by atoms with Crippen LogP contribution in [0.5, 0.6) is 5.75 Å². The van der Waals surface area contributed by atoms with Gasteiger partial charge in [0.15, 0.2) is 0 Å². The Morgan fingerprint density at radius 2 is 2.20 bits per heavy atom. The molecular weight excluding hydrogens is 254 g/mol.